The van der Waals surface area contributed by atoms with Crippen LogP contribution < -0.4 is 0 Å². The van der Waals surface area contributed by atoms with E-state index in [9.17, 15) is 4.79 Å². The van der Waals surface area contributed by atoms with E-state index in [-0.39, 0.29) is 18.7 Å². The molecule has 0 saturated heterocycles. The number of hydrogen-bond donors (Lipinski definition) is 1. The molecule has 1 aromatic carbocycles. The summed E-state index contributed by atoms with van der Waals surface area (Å²) in [6, 6.07) is 10.5. The van der Waals surface area contributed by atoms with Gasteiger partial charge >= 0.3 is 5.97 Å². The lowest BCUT2D eigenvalue weighted by atomic mass is 10.1. The Bertz CT molecular complexity index is 552. The summed E-state index contributed by atoms with van der Waals surface area (Å²) < 4.78 is 10.5. The van der Waals surface area contributed by atoms with Crippen LogP contribution in [0.3, 0.4) is 0 Å². The van der Waals surface area contributed by atoms with Crippen LogP contribution in [0.1, 0.15) is 30.0 Å². The first-order valence-corrected chi connectivity index (χ1v) is 6.11. The average Bonchev–Trinajstić information content (AvgIpc) is 2.87. The molecule has 1 heterocycles. The average molecular weight is 260 g/mol. The fourth-order valence-electron chi connectivity index (χ4n) is 1.67. The van der Waals surface area contributed by atoms with E-state index in [2.05, 4.69) is 0 Å². The Morgan fingerprint density at radius 3 is 2.42 bits per heavy atom. The zero-order chi connectivity index (χ0) is 13.8. The summed E-state index contributed by atoms with van der Waals surface area (Å²) >= 11 is 0. The van der Waals surface area contributed by atoms with Gasteiger partial charge in [0, 0.05) is 5.56 Å². The van der Waals surface area contributed by atoms with E-state index >= 15 is 0 Å². The second-order valence-electron chi connectivity index (χ2n) is 4.46. The van der Waals surface area contributed by atoms with Crippen LogP contribution in [0.5, 0.6) is 0 Å². The predicted molar refractivity (Wildman–Crippen MR) is 70.6 cm³/mol. The molecule has 0 radical (unpaired) electrons. The van der Waals surface area contributed by atoms with E-state index < -0.39 is 0 Å². The highest BCUT2D eigenvalue weighted by Gasteiger charge is 2.10. The van der Waals surface area contributed by atoms with Crippen molar-refractivity contribution in [1.29, 1.82) is 0 Å². The van der Waals surface area contributed by atoms with Gasteiger partial charge in [0.2, 0.25) is 0 Å². The third-order valence-electron chi connectivity index (χ3n) is 2.57. The molecule has 0 aliphatic rings. The van der Waals surface area contributed by atoms with Gasteiger partial charge < -0.3 is 14.3 Å². The molecule has 0 aliphatic heterocycles. The molecule has 0 fully saturated rings. The first-order chi connectivity index (χ1) is 9.10. The van der Waals surface area contributed by atoms with Gasteiger partial charge in [-0.25, -0.2) is 4.79 Å². The summed E-state index contributed by atoms with van der Waals surface area (Å²) in [5, 5.41) is 8.94. The Labute approximate surface area is 111 Å². The van der Waals surface area contributed by atoms with Crippen molar-refractivity contribution in [2.24, 2.45) is 0 Å². The minimum atomic E-state index is -0.336. The second kappa shape index (κ2) is 5.71. The number of esters is 1. The highest BCUT2D eigenvalue weighted by atomic mass is 16.5. The van der Waals surface area contributed by atoms with E-state index in [1.54, 1.807) is 36.4 Å². The molecular weight excluding hydrogens is 244 g/mol. The fourth-order valence-corrected chi connectivity index (χ4v) is 1.67. The zero-order valence-corrected chi connectivity index (χ0v) is 10.9. The molecule has 2 rings (SSSR count). The third kappa shape index (κ3) is 3.23. The molecule has 1 N–H and O–H groups in total. The number of ether oxygens (including phenoxy) is 1. The van der Waals surface area contributed by atoms with Crippen LogP contribution in [0.25, 0.3) is 11.3 Å². The zero-order valence-electron chi connectivity index (χ0n) is 10.9. The standard InChI is InChI=1S/C15H16O4/c1-10(2)18-15(17)12-5-3-11(4-6-12)14-8-7-13(9-16)19-14/h3-8,10,16H,9H2,1-2H3. The first-order valence-electron chi connectivity index (χ1n) is 6.11. The van der Waals surface area contributed by atoms with Crippen LogP contribution in [0.4, 0.5) is 0 Å². The number of aliphatic hydroxyl groups excluding tert-OH is 1. The molecule has 0 saturated carbocycles. The Hall–Kier alpha value is -2.07. The van der Waals surface area contributed by atoms with Crippen LogP contribution in [-0.2, 0) is 11.3 Å². The summed E-state index contributed by atoms with van der Waals surface area (Å²) in [7, 11) is 0. The molecule has 1 aromatic heterocycles. The lowest BCUT2D eigenvalue weighted by molar-refractivity contribution is 0.0378. The number of hydrogen-bond acceptors (Lipinski definition) is 4. The first kappa shape index (κ1) is 13.4. The van der Waals surface area contributed by atoms with E-state index in [4.69, 9.17) is 14.3 Å². The Kier molecular flexibility index (Phi) is 4.02. The van der Waals surface area contributed by atoms with E-state index in [0.717, 1.165) is 5.56 Å². The van der Waals surface area contributed by atoms with Gasteiger partial charge in [-0.1, -0.05) is 12.1 Å². The number of benzene rings is 1. The maximum absolute atomic E-state index is 11.7. The van der Waals surface area contributed by atoms with Gasteiger partial charge in [-0.3, -0.25) is 0 Å². The van der Waals surface area contributed by atoms with Crippen molar-refractivity contribution >= 4 is 5.97 Å². The highest BCUT2D eigenvalue weighted by molar-refractivity contribution is 5.90. The molecule has 0 bridgehead atoms. The molecule has 0 aliphatic carbocycles. The fraction of sp³-hybridized carbons (Fsp3) is 0.267. The van der Waals surface area contributed by atoms with Crippen LogP contribution in [0, 0.1) is 0 Å². The van der Waals surface area contributed by atoms with Crippen molar-refractivity contribution in [2.75, 3.05) is 0 Å². The topological polar surface area (TPSA) is 59.7 Å². The minimum absolute atomic E-state index is 0.126. The Balaban J connectivity index is 2.16. The number of carbonyl (C=O) groups is 1. The van der Waals surface area contributed by atoms with Crippen molar-refractivity contribution in [3.63, 3.8) is 0 Å². The highest BCUT2D eigenvalue weighted by Crippen LogP contribution is 2.22. The van der Waals surface area contributed by atoms with Crippen LogP contribution >= 0.6 is 0 Å². The smallest absolute Gasteiger partial charge is 0.338 e. The summed E-state index contributed by atoms with van der Waals surface area (Å²) in [5.41, 5.74) is 1.35. The van der Waals surface area contributed by atoms with Gasteiger partial charge in [0.15, 0.2) is 0 Å². The predicted octanol–water partition coefficient (Wildman–Crippen LogP) is 3.00. The minimum Gasteiger partial charge on any atom is -0.459 e. The van der Waals surface area contributed by atoms with Crippen molar-refractivity contribution in [3.8, 4) is 11.3 Å². The maximum atomic E-state index is 11.7. The van der Waals surface area contributed by atoms with Gasteiger partial charge in [0.25, 0.3) is 0 Å². The molecule has 0 unspecified atom stereocenters. The molecule has 4 nitrogen and oxygen atoms in total. The number of carbonyl (C=O) groups excluding carboxylic acids is 1. The summed E-state index contributed by atoms with van der Waals surface area (Å²) in [6.45, 7) is 3.50. The van der Waals surface area contributed by atoms with E-state index in [1.165, 1.54) is 0 Å². The SMILES string of the molecule is CC(C)OC(=O)c1ccc(-c2ccc(CO)o2)cc1. The van der Waals surface area contributed by atoms with Crippen molar-refractivity contribution in [2.45, 2.75) is 26.6 Å². The summed E-state index contributed by atoms with van der Waals surface area (Å²) in [5.74, 6) is 0.836. The number of furan rings is 1. The largest absolute Gasteiger partial charge is 0.459 e. The monoisotopic (exact) mass is 260 g/mol. The summed E-state index contributed by atoms with van der Waals surface area (Å²) in [6.07, 6.45) is -0.135. The van der Waals surface area contributed by atoms with Crippen molar-refractivity contribution in [1.82, 2.24) is 0 Å². The molecule has 4 heteroatoms. The van der Waals surface area contributed by atoms with Crippen LogP contribution in [-0.4, -0.2) is 17.2 Å². The molecular formula is C15H16O4. The molecule has 0 atom stereocenters. The molecule has 0 amide bonds. The van der Waals surface area contributed by atoms with Gasteiger partial charge in [-0.15, -0.1) is 0 Å². The molecule has 100 valence electrons. The number of aliphatic hydroxyl groups is 1. The molecule has 0 spiro atoms. The van der Waals surface area contributed by atoms with Gasteiger partial charge in [0.05, 0.1) is 11.7 Å². The molecule has 19 heavy (non-hydrogen) atoms. The quantitative estimate of drug-likeness (QED) is 0.858. The van der Waals surface area contributed by atoms with Gasteiger partial charge in [-0.05, 0) is 38.1 Å². The lowest BCUT2D eigenvalue weighted by Crippen LogP contribution is -2.11. The van der Waals surface area contributed by atoms with Crippen LogP contribution in [0.15, 0.2) is 40.8 Å². The Morgan fingerprint density at radius 1 is 1.21 bits per heavy atom. The maximum Gasteiger partial charge on any atom is 0.338 e. The van der Waals surface area contributed by atoms with Gasteiger partial charge in [-0.2, -0.15) is 0 Å². The third-order valence-corrected chi connectivity index (χ3v) is 2.57. The van der Waals surface area contributed by atoms with Crippen molar-refractivity contribution in [3.05, 3.63) is 47.7 Å². The lowest BCUT2D eigenvalue weighted by Gasteiger charge is -2.07. The summed E-state index contributed by atoms with van der Waals surface area (Å²) in [4.78, 5) is 11.7. The van der Waals surface area contributed by atoms with Crippen LogP contribution in [0.2, 0.25) is 0 Å². The second-order valence-corrected chi connectivity index (χ2v) is 4.46. The van der Waals surface area contributed by atoms with E-state index in [1.807, 2.05) is 13.8 Å². The van der Waals surface area contributed by atoms with Crippen molar-refractivity contribution < 1.29 is 19.1 Å². The molecule has 2 aromatic rings. The van der Waals surface area contributed by atoms with E-state index in [0.29, 0.717) is 17.1 Å². The van der Waals surface area contributed by atoms with Gasteiger partial charge in [0.1, 0.15) is 18.1 Å². The Morgan fingerprint density at radius 2 is 1.89 bits per heavy atom. The normalized spacial score (nSPS) is 10.7. The number of rotatable bonds is 4.